The number of halogens is 1. The van der Waals surface area contributed by atoms with Gasteiger partial charge < -0.3 is 5.73 Å². The van der Waals surface area contributed by atoms with E-state index < -0.39 is 15.8 Å². The minimum absolute atomic E-state index is 0.0243. The lowest BCUT2D eigenvalue weighted by Gasteiger charge is -2.12. The zero-order chi connectivity index (χ0) is 15.3. The summed E-state index contributed by atoms with van der Waals surface area (Å²) in [6, 6.07) is 3.81. The number of nitrogens with two attached hydrogens (primary N) is 1. The summed E-state index contributed by atoms with van der Waals surface area (Å²) < 4.78 is 41.3. The molecule has 1 aromatic rings. The second kappa shape index (κ2) is 4.51. The molecule has 6 heteroatoms. The average molecular weight is 300 g/mol. The van der Waals surface area contributed by atoms with Crippen molar-refractivity contribution in [3.63, 3.8) is 0 Å². The van der Waals surface area contributed by atoms with Crippen molar-refractivity contribution in [2.45, 2.75) is 45.2 Å². The molecule has 0 aromatic heterocycles. The fraction of sp³-hybridized carbons (Fsp3) is 0.571. The van der Waals surface area contributed by atoms with Crippen molar-refractivity contribution in [2.24, 2.45) is 16.6 Å². The molecule has 0 aliphatic heterocycles. The van der Waals surface area contributed by atoms with Crippen LogP contribution in [0.4, 0.5) is 4.39 Å². The minimum Gasteiger partial charge on any atom is -0.326 e. The molecule has 1 aliphatic rings. The molecule has 4 nitrogen and oxygen atoms in total. The maximum Gasteiger partial charge on any atom is 0.241 e. The van der Waals surface area contributed by atoms with Gasteiger partial charge >= 0.3 is 0 Å². The molecule has 112 valence electrons. The molecule has 0 unspecified atom stereocenters. The van der Waals surface area contributed by atoms with Gasteiger partial charge in [-0.3, -0.25) is 0 Å². The van der Waals surface area contributed by atoms with Gasteiger partial charge in [0.25, 0.3) is 0 Å². The normalized spacial score (nSPS) is 20.9. The first-order valence-corrected chi connectivity index (χ1v) is 8.04. The Bertz CT molecular complexity index is 625. The molecule has 0 heterocycles. The van der Waals surface area contributed by atoms with Crippen molar-refractivity contribution in [2.75, 3.05) is 0 Å². The number of sulfonamides is 1. The highest BCUT2D eigenvalue weighted by Gasteiger charge is 2.66. The smallest absolute Gasteiger partial charge is 0.241 e. The van der Waals surface area contributed by atoms with Gasteiger partial charge in [0.1, 0.15) is 5.82 Å². The molecule has 0 saturated heterocycles. The van der Waals surface area contributed by atoms with E-state index >= 15 is 0 Å². The first-order valence-electron chi connectivity index (χ1n) is 6.55. The standard InChI is InChI=1S/C14H21FN2O2S/c1-13(2)12(14(13,3)4)17-20(18,19)11-7-5-6-10(15)9(11)8-16/h5-7,12,17H,8,16H2,1-4H3. The Morgan fingerprint density at radius 2 is 1.80 bits per heavy atom. The van der Waals surface area contributed by atoms with Crippen LogP contribution in [0, 0.1) is 16.6 Å². The molecule has 0 bridgehead atoms. The van der Waals surface area contributed by atoms with Crippen LogP contribution >= 0.6 is 0 Å². The van der Waals surface area contributed by atoms with E-state index in [1.54, 1.807) is 0 Å². The Morgan fingerprint density at radius 1 is 1.25 bits per heavy atom. The zero-order valence-corrected chi connectivity index (χ0v) is 13.0. The molecular formula is C14H21FN2O2S. The number of hydrogen-bond acceptors (Lipinski definition) is 3. The summed E-state index contributed by atoms with van der Waals surface area (Å²) in [6.45, 7) is 7.89. The second-order valence-corrected chi connectivity index (χ2v) is 8.10. The molecule has 2 rings (SSSR count). The van der Waals surface area contributed by atoms with Crippen molar-refractivity contribution in [3.8, 4) is 0 Å². The van der Waals surface area contributed by atoms with Crippen LogP contribution in [-0.4, -0.2) is 14.5 Å². The summed E-state index contributed by atoms with van der Waals surface area (Å²) in [5.74, 6) is -0.593. The van der Waals surface area contributed by atoms with Gasteiger partial charge in [-0.2, -0.15) is 0 Å². The van der Waals surface area contributed by atoms with Crippen LogP contribution < -0.4 is 10.5 Å². The predicted octanol–water partition coefficient (Wildman–Crippen LogP) is 2.00. The number of hydrogen-bond donors (Lipinski definition) is 2. The number of rotatable bonds is 4. The molecule has 1 saturated carbocycles. The van der Waals surface area contributed by atoms with E-state index in [-0.39, 0.29) is 33.9 Å². The first kappa shape index (κ1) is 15.4. The van der Waals surface area contributed by atoms with E-state index in [1.807, 2.05) is 27.7 Å². The van der Waals surface area contributed by atoms with Gasteiger partial charge in [-0.15, -0.1) is 0 Å². The van der Waals surface area contributed by atoms with Crippen molar-refractivity contribution in [1.82, 2.24) is 4.72 Å². The van der Waals surface area contributed by atoms with Crippen LogP contribution in [0.15, 0.2) is 23.1 Å². The number of benzene rings is 1. The Hall–Kier alpha value is -0.980. The van der Waals surface area contributed by atoms with Gasteiger partial charge in [0.15, 0.2) is 0 Å². The van der Waals surface area contributed by atoms with Gasteiger partial charge in [0, 0.05) is 18.2 Å². The van der Waals surface area contributed by atoms with Gasteiger partial charge in [-0.05, 0) is 23.0 Å². The van der Waals surface area contributed by atoms with E-state index in [0.29, 0.717) is 0 Å². The summed E-state index contributed by atoms with van der Waals surface area (Å²) in [4.78, 5) is -0.0708. The van der Waals surface area contributed by atoms with Crippen molar-refractivity contribution in [1.29, 1.82) is 0 Å². The van der Waals surface area contributed by atoms with E-state index in [4.69, 9.17) is 5.73 Å². The SMILES string of the molecule is CC1(C)C(NS(=O)(=O)c2cccc(F)c2CN)C1(C)C. The third-order valence-electron chi connectivity index (χ3n) is 4.86. The van der Waals surface area contributed by atoms with Crippen LogP contribution in [0.5, 0.6) is 0 Å². The Morgan fingerprint density at radius 3 is 2.25 bits per heavy atom. The van der Waals surface area contributed by atoms with Crippen LogP contribution in [-0.2, 0) is 16.6 Å². The van der Waals surface area contributed by atoms with Gasteiger partial charge in [-0.25, -0.2) is 17.5 Å². The largest absolute Gasteiger partial charge is 0.326 e. The van der Waals surface area contributed by atoms with Crippen molar-refractivity contribution >= 4 is 10.0 Å². The van der Waals surface area contributed by atoms with Crippen molar-refractivity contribution < 1.29 is 12.8 Å². The lowest BCUT2D eigenvalue weighted by atomic mass is 10.0. The fourth-order valence-electron chi connectivity index (χ4n) is 2.70. The highest BCUT2D eigenvalue weighted by atomic mass is 32.2. The molecule has 1 aliphatic carbocycles. The predicted molar refractivity (Wildman–Crippen MR) is 76.0 cm³/mol. The third kappa shape index (κ3) is 2.16. The maximum atomic E-state index is 13.7. The summed E-state index contributed by atoms with van der Waals surface area (Å²) in [7, 11) is -3.77. The van der Waals surface area contributed by atoms with E-state index in [9.17, 15) is 12.8 Å². The quantitative estimate of drug-likeness (QED) is 0.893. The summed E-state index contributed by atoms with van der Waals surface area (Å²) in [5, 5.41) is 0. The van der Waals surface area contributed by atoms with E-state index in [1.165, 1.54) is 18.2 Å². The maximum absolute atomic E-state index is 13.7. The van der Waals surface area contributed by atoms with Gasteiger partial charge in [0.2, 0.25) is 10.0 Å². The van der Waals surface area contributed by atoms with Crippen molar-refractivity contribution in [3.05, 3.63) is 29.6 Å². The zero-order valence-electron chi connectivity index (χ0n) is 12.2. The highest BCUT2D eigenvalue weighted by molar-refractivity contribution is 7.89. The van der Waals surface area contributed by atoms with E-state index in [2.05, 4.69) is 4.72 Å². The molecule has 0 spiro atoms. The molecule has 20 heavy (non-hydrogen) atoms. The minimum atomic E-state index is -3.77. The van der Waals surface area contributed by atoms with Crippen LogP contribution in [0.2, 0.25) is 0 Å². The molecular weight excluding hydrogens is 279 g/mol. The lowest BCUT2D eigenvalue weighted by Crippen LogP contribution is -2.31. The van der Waals surface area contributed by atoms with Gasteiger partial charge in [0.05, 0.1) is 4.90 Å². The molecule has 0 radical (unpaired) electrons. The summed E-state index contributed by atoms with van der Waals surface area (Å²) in [6.07, 6.45) is 0. The first-order chi connectivity index (χ1) is 9.05. The van der Waals surface area contributed by atoms with Crippen LogP contribution in [0.3, 0.4) is 0 Å². The highest BCUT2D eigenvalue weighted by Crippen LogP contribution is 2.62. The third-order valence-corrected chi connectivity index (χ3v) is 6.37. The molecule has 0 amide bonds. The molecule has 3 N–H and O–H groups in total. The van der Waals surface area contributed by atoms with Crippen LogP contribution in [0.25, 0.3) is 0 Å². The topological polar surface area (TPSA) is 72.2 Å². The second-order valence-electron chi connectivity index (χ2n) is 6.42. The fourth-order valence-corrected chi connectivity index (χ4v) is 4.49. The summed E-state index contributed by atoms with van der Waals surface area (Å²) >= 11 is 0. The Balaban J connectivity index is 2.37. The Kier molecular flexibility index (Phi) is 3.48. The molecule has 1 aromatic carbocycles. The summed E-state index contributed by atoms with van der Waals surface area (Å²) in [5.41, 5.74) is 5.24. The monoisotopic (exact) mass is 300 g/mol. The Labute approximate surface area is 119 Å². The molecule has 0 atom stereocenters. The van der Waals surface area contributed by atoms with E-state index in [0.717, 1.165) is 0 Å². The average Bonchev–Trinajstić information content (AvgIpc) is 2.71. The van der Waals surface area contributed by atoms with Gasteiger partial charge in [-0.1, -0.05) is 33.8 Å². The number of nitrogens with one attached hydrogen (secondary N) is 1. The lowest BCUT2D eigenvalue weighted by molar-refractivity contribution is 0.457. The molecule has 1 fully saturated rings. The van der Waals surface area contributed by atoms with Crippen LogP contribution in [0.1, 0.15) is 33.3 Å².